The molecule has 0 bridgehead atoms. The maximum absolute atomic E-state index is 6.18. The molecular weight excluding hydrogens is 276 g/mol. The Balaban J connectivity index is 1.73. The predicted molar refractivity (Wildman–Crippen MR) is 77.6 cm³/mol. The van der Waals surface area contributed by atoms with Gasteiger partial charge in [0.1, 0.15) is 0 Å². The van der Waals surface area contributed by atoms with Crippen LogP contribution in [0.1, 0.15) is 11.1 Å². The summed E-state index contributed by atoms with van der Waals surface area (Å²) < 4.78 is 5.24. The molecule has 3 rings (SSSR count). The smallest absolute Gasteiger partial charge is 0.219 e. The SMILES string of the molecule is Cc1cccc(Cl)c1CNc1nc(-c2ccco2)n[nH]1. The van der Waals surface area contributed by atoms with E-state index >= 15 is 0 Å². The third-order valence-corrected chi connectivity index (χ3v) is 3.37. The molecule has 0 unspecified atom stereocenters. The van der Waals surface area contributed by atoms with Crippen molar-refractivity contribution in [3.63, 3.8) is 0 Å². The number of nitrogens with one attached hydrogen (secondary N) is 2. The lowest BCUT2D eigenvalue weighted by atomic mass is 10.1. The molecule has 0 radical (unpaired) electrons. The normalized spacial score (nSPS) is 10.7. The molecule has 0 spiro atoms. The number of anilines is 1. The van der Waals surface area contributed by atoms with Gasteiger partial charge in [0, 0.05) is 11.6 Å². The molecule has 2 aromatic heterocycles. The van der Waals surface area contributed by atoms with Gasteiger partial charge in [-0.05, 0) is 36.2 Å². The molecule has 2 N–H and O–H groups in total. The van der Waals surface area contributed by atoms with Gasteiger partial charge in [-0.1, -0.05) is 23.7 Å². The molecule has 0 atom stereocenters. The number of hydrogen-bond acceptors (Lipinski definition) is 4. The Morgan fingerprint density at radius 3 is 2.95 bits per heavy atom. The molecule has 0 aliphatic rings. The molecule has 0 saturated heterocycles. The van der Waals surface area contributed by atoms with Crippen LogP contribution in [0.2, 0.25) is 5.02 Å². The van der Waals surface area contributed by atoms with Crippen LogP contribution >= 0.6 is 11.6 Å². The first-order valence-electron chi connectivity index (χ1n) is 6.18. The van der Waals surface area contributed by atoms with Gasteiger partial charge in [0.15, 0.2) is 5.76 Å². The maximum atomic E-state index is 6.18. The first kappa shape index (κ1) is 12.7. The highest BCUT2D eigenvalue weighted by atomic mass is 35.5. The molecule has 0 saturated carbocycles. The van der Waals surface area contributed by atoms with E-state index in [9.17, 15) is 0 Å². The van der Waals surface area contributed by atoms with Crippen molar-refractivity contribution >= 4 is 17.5 Å². The summed E-state index contributed by atoms with van der Waals surface area (Å²) in [5.74, 6) is 1.73. The molecule has 2 heterocycles. The Hall–Kier alpha value is -2.27. The minimum absolute atomic E-state index is 0.522. The highest BCUT2D eigenvalue weighted by molar-refractivity contribution is 6.31. The number of rotatable bonds is 4. The molecule has 20 heavy (non-hydrogen) atoms. The van der Waals surface area contributed by atoms with Gasteiger partial charge in [0.25, 0.3) is 0 Å². The summed E-state index contributed by atoms with van der Waals surface area (Å²) in [6, 6.07) is 9.44. The first-order valence-corrected chi connectivity index (χ1v) is 6.56. The summed E-state index contributed by atoms with van der Waals surface area (Å²) in [5.41, 5.74) is 2.18. The number of halogens is 1. The zero-order valence-corrected chi connectivity index (χ0v) is 11.6. The number of aryl methyl sites for hydroxylation is 1. The molecule has 5 nitrogen and oxygen atoms in total. The molecule has 102 valence electrons. The van der Waals surface area contributed by atoms with Gasteiger partial charge in [-0.2, -0.15) is 4.98 Å². The summed E-state index contributed by atoms with van der Waals surface area (Å²) in [6.07, 6.45) is 1.59. The second-order valence-electron chi connectivity index (χ2n) is 4.37. The van der Waals surface area contributed by atoms with E-state index in [1.807, 2.05) is 31.2 Å². The third kappa shape index (κ3) is 2.53. The summed E-state index contributed by atoms with van der Waals surface area (Å²) in [6.45, 7) is 2.61. The number of aromatic nitrogens is 3. The van der Waals surface area contributed by atoms with Crippen LogP contribution in [0, 0.1) is 6.92 Å². The van der Waals surface area contributed by atoms with E-state index in [1.54, 1.807) is 12.3 Å². The van der Waals surface area contributed by atoms with Crippen molar-refractivity contribution < 1.29 is 4.42 Å². The van der Waals surface area contributed by atoms with Crippen LogP contribution in [0.4, 0.5) is 5.95 Å². The fourth-order valence-corrected chi connectivity index (χ4v) is 2.21. The summed E-state index contributed by atoms with van der Waals surface area (Å²) in [5, 5.41) is 10.8. The van der Waals surface area contributed by atoms with Crippen molar-refractivity contribution in [2.75, 3.05) is 5.32 Å². The van der Waals surface area contributed by atoms with Crippen LogP contribution in [0.3, 0.4) is 0 Å². The number of H-pyrrole nitrogens is 1. The number of benzene rings is 1. The summed E-state index contributed by atoms with van der Waals surface area (Å²) >= 11 is 6.18. The average Bonchev–Trinajstić information content (AvgIpc) is 3.09. The van der Waals surface area contributed by atoms with E-state index in [2.05, 4.69) is 20.5 Å². The summed E-state index contributed by atoms with van der Waals surface area (Å²) in [4.78, 5) is 4.31. The fraction of sp³-hybridized carbons (Fsp3) is 0.143. The van der Waals surface area contributed by atoms with Gasteiger partial charge in [-0.15, -0.1) is 5.10 Å². The third-order valence-electron chi connectivity index (χ3n) is 3.01. The topological polar surface area (TPSA) is 66.7 Å². The molecular formula is C14H13ClN4O. The summed E-state index contributed by atoms with van der Waals surface area (Å²) in [7, 11) is 0. The zero-order valence-electron chi connectivity index (χ0n) is 10.9. The van der Waals surface area contributed by atoms with Gasteiger partial charge >= 0.3 is 0 Å². The van der Waals surface area contributed by atoms with Crippen molar-refractivity contribution in [1.82, 2.24) is 15.2 Å². The average molecular weight is 289 g/mol. The van der Waals surface area contributed by atoms with Crippen molar-refractivity contribution in [2.45, 2.75) is 13.5 Å². The van der Waals surface area contributed by atoms with Gasteiger partial charge in [-0.25, -0.2) is 5.10 Å². The van der Waals surface area contributed by atoms with Gasteiger partial charge < -0.3 is 9.73 Å². The molecule has 3 aromatic rings. The largest absolute Gasteiger partial charge is 0.461 e. The van der Waals surface area contributed by atoms with Crippen LogP contribution in [0.15, 0.2) is 41.0 Å². The molecule has 0 amide bonds. The van der Waals surface area contributed by atoms with E-state index in [0.717, 1.165) is 16.1 Å². The van der Waals surface area contributed by atoms with Crippen LogP contribution < -0.4 is 5.32 Å². The molecule has 6 heteroatoms. The van der Waals surface area contributed by atoms with Crippen molar-refractivity contribution in [2.24, 2.45) is 0 Å². The Bertz CT molecular complexity index is 686. The predicted octanol–water partition coefficient (Wildman–Crippen LogP) is 3.64. The van der Waals surface area contributed by atoms with Crippen molar-refractivity contribution in [3.05, 3.63) is 52.7 Å². The van der Waals surface area contributed by atoms with E-state index < -0.39 is 0 Å². The van der Waals surface area contributed by atoms with E-state index in [1.165, 1.54) is 0 Å². The Morgan fingerprint density at radius 1 is 1.30 bits per heavy atom. The van der Waals surface area contributed by atoms with Crippen molar-refractivity contribution in [1.29, 1.82) is 0 Å². The zero-order chi connectivity index (χ0) is 13.9. The standard InChI is InChI=1S/C14H13ClN4O/c1-9-4-2-5-11(15)10(9)8-16-14-17-13(18-19-14)12-6-3-7-20-12/h2-7H,8H2,1H3,(H2,16,17,18,19). The minimum atomic E-state index is 0.522. The number of aromatic amines is 1. The number of nitrogens with zero attached hydrogens (tertiary/aromatic N) is 2. The Kier molecular flexibility index (Phi) is 3.43. The van der Waals surface area contributed by atoms with Crippen LogP contribution in [0.25, 0.3) is 11.6 Å². The molecule has 1 aromatic carbocycles. The van der Waals surface area contributed by atoms with Crippen LogP contribution in [0.5, 0.6) is 0 Å². The van der Waals surface area contributed by atoms with Gasteiger partial charge in [-0.3, -0.25) is 0 Å². The highest BCUT2D eigenvalue weighted by Crippen LogP contribution is 2.21. The quantitative estimate of drug-likeness (QED) is 0.769. The number of furan rings is 1. The maximum Gasteiger partial charge on any atom is 0.219 e. The lowest BCUT2D eigenvalue weighted by Gasteiger charge is -2.08. The van der Waals surface area contributed by atoms with Crippen molar-refractivity contribution in [3.8, 4) is 11.6 Å². The molecule has 0 aliphatic carbocycles. The second-order valence-corrected chi connectivity index (χ2v) is 4.78. The lowest BCUT2D eigenvalue weighted by Crippen LogP contribution is -2.03. The molecule has 0 aliphatic heterocycles. The van der Waals surface area contributed by atoms with Gasteiger partial charge in [0.2, 0.25) is 11.8 Å². The minimum Gasteiger partial charge on any atom is -0.461 e. The Morgan fingerprint density at radius 2 is 2.20 bits per heavy atom. The van der Waals surface area contributed by atoms with E-state index in [-0.39, 0.29) is 0 Å². The van der Waals surface area contributed by atoms with Gasteiger partial charge in [0.05, 0.1) is 6.26 Å². The van der Waals surface area contributed by atoms with Crippen LogP contribution in [-0.2, 0) is 6.54 Å². The lowest BCUT2D eigenvalue weighted by molar-refractivity contribution is 0.577. The Labute approximate surface area is 121 Å². The molecule has 0 fully saturated rings. The number of hydrogen-bond donors (Lipinski definition) is 2. The second kappa shape index (κ2) is 5.38. The van der Waals surface area contributed by atoms with Crippen LogP contribution in [-0.4, -0.2) is 15.2 Å². The fourth-order valence-electron chi connectivity index (χ4n) is 1.92. The van der Waals surface area contributed by atoms with E-state index in [0.29, 0.717) is 24.1 Å². The first-order chi connectivity index (χ1) is 9.74. The van der Waals surface area contributed by atoms with E-state index in [4.69, 9.17) is 16.0 Å². The highest BCUT2D eigenvalue weighted by Gasteiger charge is 2.09. The monoisotopic (exact) mass is 288 g/mol.